The highest BCUT2D eigenvalue weighted by Crippen LogP contribution is 2.11. The van der Waals surface area contributed by atoms with Gasteiger partial charge < -0.3 is 11.1 Å². The summed E-state index contributed by atoms with van der Waals surface area (Å²) < 4.78 is 0. The van der Waals surface area contributed by atoms with E-state index in [1.54, 1.807) is 18.3 Å². The Kier molecular flexibility index (Phi) is 2.19. The summed E-state index contributed by atoms with van der Waals surface area (Å²) in [4.78, 5) is 19.7. The highest BCUT2D eigenvalue weighted by molar-refractivity contribution is 5.85. The summed E-state index contributed by atoms with van der Waals surface area (Å²) in [6.07, 6.45) is 1.57. The molecule has 1 atom stereocenters. The Morgan fingerprint density at radius 2 is 2.57 bits per heavy atom. The fourth-order valence-electron chi connectivity index (χ4n) is 1.19. The van der Waals surface area contributed by atoms with Crippen LogP contribution in [0.3, 0.4) is 0 Å². The fraction of sp³-hybridized carbons (Fsp3) is 0.250. The van der Waals surface area contributed by atoms with Crippen molar-refractivity contribution in [3.05, 3.63) is 18.3 Å². The van der Waals surface area contributed by atoms with Crippen LogP contribution in [0.25, 0.3) is 0 Å². The molecule has 2 heterocycles. The zero-order valence-electron chi connectivity index (χ0n) is 7.36. The third-order valence-electron chi connectivity index (χ3n) is 1.86. The number of hydrogen-bond acceptors (Lipinski definition) is 5. The molecule has 1 aliphatic rings. The molecule has 6 nitrogen and oxygen atoms in total. The second-order valence-electron chi connectivity index (χ2n) is 2.94. The molecule has 6 heteroatoms. The number of amides is 1. The van der Waals surface area contributed by atoms with Gasteiger partial charge in [0.25, 0.3) is 5.91 Å². The van der Waals surface area contributed by atoms with E-state index in [1.165, 1.54) is 0 Å². The molecule has 0 bridgehead atoms. The van der Waals surface area contributed by atoms with Crippen LogP contribution in [0.5, 0.6) is 0 Å². The van der Waals surface area contributed by atoms with Gasteiger partial charge in [0.05, 0.1) is 0 Å². The monoisotopic (exact) mass is 194 g/mol. The lowest BCUT2D eigenvalue weighted by Gasteiger charge is -2.09. The first kappa shape index (κ1) is 8.76. The standard InChI is InChI=1S/C8H10N4O2/c9-7-3-5(1-2-10-7)11-6-4-14-12-8(6)13/h1-3,6H,4H2,(H,12,13)(H3,9,10,11). The number of nitrogens with two attached hydrogens (primary N) is 1. The van der Waals surface area contributed by atoms with Gasteiger partial charge in [-0.1, -0.05) is 0 Å². The van der Waals surface area contributed by atoms with E-state index in [2.05, 4.69) is 15.8 Å². The number of pyridine rings is 1. The van der Waals surface area contributed by atoms with E-state index in [-0.39, 0.29) is 11.9 Å². The number of carbonyl (C=O) groups excluding carboxylic acids is 1. The molecule has 1 aromatic heterocycles. The van der Waals surface area contributed by atoms with Crippen LogP contribution in [-0.4, -0.2) is 23.5 Å². The van der Waals surface area contributed by atoms with Crippen LogP contribution in [0.2, 0.25) is 0 Å². The number of aromatic nitrogens is 1. The van der Waals surface area contributed by atoms with Crippen molar-refractivity contribution in [1.82, 2.24) is 10.5 Å². The number of rotatable bonds is 2. The van der Waals surface area contributed by atoms with Gasteiger partial charge in [0, 0.05) is 18.0 Å². The lowest BCUT2D eigenvalue weighted by atomic mass is 10.3. The van der Waals surface area contributed by atoms with Crippen molar-refractivity contribution in [2.45, 2.75) is 6.04 Å². The molecule has 1 amide bonds. The molecule has 14 heavy (non-hydrogen) atoms. The smallest absolute Gasteiger partial charge is 0.268 e. The van der Waals surface area contributed by atoms with Crippen molar-refractivity contribution in [2.24, 2.45) is 0 Å². The molecule has 0 aromatic carbocycles. The molecule has 0 radical (unpaired) electrons. The molecule has 74 valence electrons. The van der Waals surface area contributed by atoms with Crippen molar-refractivity contribution in [3.63, 3.8) is 0 Å². The second kappa shape index (κ2) is 3.51. The van der Waals surface area contributed by atoms with Crippen LogP contribution in [0.4, 0.5) is 11.5 Å². The number of anilines is 2. The first-order valence-electron chi connectivity index (χ1n) is 4.15. The molecule has 0 saturated carbocycles. The van der Waals surface area contributed by atoms with Crippen LogP contribution >= 0.6 is 0 Å². The average molecular weight is 194 g/mol. The SMILES string of the molecule is Nc1cc(NC2CONC2=O)ccn1. The van der Waals surface area contributed by atoms with Crippen LogP contribution in [-0.2, 0) is 9.63 Å². The first-order chi connectivity index (χ1) is 6.75. The number of nitrogens with one attached hydrogen (secondary N) is 2. The minimum absolute atomic E-state index is 0.180. The lowest BCUT2D eigenvalue weighted by molar-refractivity contribution is -0.124. The number of nitrogens with zero attached hydrogens (tertiary/aromatic N) is 1. The molecular weight excluding hydrogens is 184 g/mol. The minimum atomic E-state index is -0.364. The zero-order valence-corrected chi connectivity index (χ0v) is 7.36. The maximum absolute atomic E-state index is 11.1. The van der Waals surface area contributed by atoms with Crippen LogP contribution in [0.15, 0.2) is 18.3 Å². The van der Waals surface area contributed by atoms with E-state index in [0.717, 1.165) is 5.69 Å². The second-order valence-corrected chi connectivity index (χ2v) is 2.94. The third kappa shape index (κ3) is 1.74. The zero-order chi connectivity index (χ0) is 9.97. The topological polar surface area (TPSA) is 89.3 Å². The summed E-state index contributed by atoms with van der Waals surface area (Å²) in [5.74, 6) is 0.231. The summed E-state index contributed by atoms with van der Waals surface area (Å²) >= 11 is 0. The molecule has 0 aliphatic carbocycles. The Bertz CT molecular complexity index is 355. The average Bonchev–Trinajstić information content (AvgIpc) is 2.52. The van der Waals surface area contributed by atoms with E-state index < -0.39 is 0 Å². The van der Waals surface area contributed by atoms with Gasteiger partial charge in [-0.3, -0.25) is 9.63 Å². The van der Waals surface area contributed by atoms with Crippen molar-refractivity contribution < 1.29 is 9.63 Å². The maximum Gasteiger partial charge on any atom is 0.268 e. The van der Waals surface area contributed by atoms with E-state index in [0.29, 0.717) is 12.4 Å². The molecule has 1 fully saturated rings. The first-order valence-corrected chi connectivity index (χ1v) is 4.15. The number of carbonyl (C=O) groups is 1. The Hall–Kier alpha value is -1.82. The quantitative estimate of drug-likeness (QED) is 0.591. The Morgan fingerprint density at radius 1 is 1.71 bits per heavy atom. The summed E-state index contributed by atoms with van der Waals surface area (Å²) in [5.41, 5.74) is 8.49. The molecule has 1 saturated heterocycles. The lowest BCUT2D eigenvalue weighted by Crippen LogP contribution is -2.30. The molecule has 2 rings (SSSR count). The number of hydrogen-bond donors (Lipinski definition) is 3. The normalized spacial score (nSPS) is 20.6. The van der Waals surface area contributed by atoms with Crippen molar-refractivity contribution >= 4 is 17.4 Å². The van der Waals surface area contributed by atoms with Gasteiger partial charge in [0.2, 0.25) is 0 Å². The predicted octanol–water partition coefficient (Wildman–Crippen LogP) is -0.494. The highest BCUT2D eigenvalue weighted by Gasteiger charge is 2.24. The summed E-state index contributed by atoms with van der Waals surface area (Å²) in [7, 11) is 0. The highest BCUT2D eigenvalue weighted by atomic mass is 16.7. The third-order valence-corrected chi connectivity index (χ3v) is 1.86. The van der Waals surface area contributed by atoms with E-state index in [1.807, 2.05) is 0 Å². The van der Waals surface area contributed by atoms with Gasteiger partial charge in [-0.15, -0.1) is 0 Å². The fourth-order valence-corrected chi connectivity index (χ4v) is 1.19. The van der Waals surface area contributed by atoms with E-state index in [4.69, 9.17) is 10.6 Å². The summed E-state index contributed by atoms with van der Waals surface area (Å²) in [6.45, 7) is 0.307. The molecule has 1 aliphatic heterocycles. The van der Waals surface area contributed by atoms with Gasteiger partial charge in [-0.25, -0.2) is 10.5 Å². The van der Waals surface area contributed by atoms with Crippen molar-refractivity contribution in [3.8, 4) is 0 Å². The number of hydroxylamine groups is 1. The van der Waals surface area contributed by atoms with Gasteiger partial charge >= 0.3 is 0 Å². The van der Waals surface area contributed by atoms with Crippen LogP contribution in [0, 0.1) is 0 Å². The van der Waals surface area contributed by atoms with Gasteiger partial charge in [0.1, 0.15) is 18.5 Å². The largest absolute Gasteiger partial charge is 0.384 e. The van der Waals surface area contributed by atoms with Gasteiger partial charge in [-0.2, -0.15) is 0 Å². The van der Waals surface area contributed by atoms with Gasteiger partial charge in [-0.05, 0) is 6.07 Å². The summed E-state index contributed by atoms with van der Waals surface area (Å²) in [6, 6.07) is 3.03. The minimum Gasteiger partial charge on any atom is -0.384 e. The summed E-state index contributed by atoms with van der Waals surface area (Å²) in [5, 5.41) is 2.97. The van der Waals surface area contributed by atoms with E-state index in [9.17, 15) is 4.79 Å². The van der Waals surface area contributed by atoms with Crippen LogP contribution < -0.4 is 16.5 Å². The van der Waals surface area contributed by atoms with Crippen LogP contribution in [0.1, 0.15) is 0 Å². The van der Waals surface area contributed by atoms with Crippen molar-refractivity contribution in [1.29, 1.82) is 0 Å². The molecule has 1 unspecified atom stereocenters. The Morgan fingerprint density at radius 3 is 3.21 bits per heavy atom. The number of nitrogen functional groups attached to an aromatic ring is 1. The molecule has 4 N–H and O–H groups in total. The van der Waals surface area contributed by atoms with Crippen molar-refractivity contribution in [2.75, 3.05) is 17.7 Å². The Labute approximate surface area is 80.4 Å². The Balaban J connectivity index is 2.07. The molecular formula is C8H10N4O2. The molecule has 0 spiro atoms. The maximum atomic E-state index is 11.1. The van der Waals surface area contributed by atoms with Gasteiger partial charge in [0.15, 0.2) is 0 Å². The predicted molar refractivity (Wildman–Crippen MR) is 50.2 cm³/mol. The van der Waals surface area contributed by atoms with E-state index >= 15 is 0 Å². The molecule has 1 aromatic rings.